The first-order chi connectivity index (χ1) is 20.1. The van der Waals surface area contributed by atoms with Crippen LogP contribution in [0.15, 0.2) is 0 Å². The molecule has 2 nitrogen and oxygen atoms in total. The Labute approximate surface area is 248 Å². The zero-order chi connectivity index (χ0) is 35.8. The van der Waals surface area contributed by atoms with Crippen LogP contribution in [0.5, 0.6) is 0 Å². The van der Waals surface area contributed by atoms with Crippen molar-refractivity contribution < 1.29 is 84.2 Å². The number of hydrogen-bond donors (Lipinski definition) is 0. The third-order valence-electron chi connectivity index (χ3n) is 7.05. The Morgan fingerprint density at radius 2 is 0.756 bits per heavy atom. The Bertz CT molecular complexity index is 900. The van der Waals surface area contributed by atoms with Crippen LogP contribution in [0.2, 0.25) is 0 Å². The normalized spacial score (nSPS) is 15.4. The quantitative estimate of drug-likeness (QED) is 0.0638. The molecule has 0 aromatic rings. The Morgan fingerprint density at radius 3 is 1.09 bits per heavy atom. The lowest BCUT2D eigenvalue weighted by atomic mass is 9.88. The number of unbranched alkanes of at least 4 members (excludes halogenated alkanes) is 12. The highest BCUT2D eigenvalue weighted by molar-refractivity contribution is 5.69. The summed E-state index contributed by atoms with van der Waals surface area (Å²) in [5, 5.41) is 0. The van der Waals surface area contributed by atoms with Gasteiger partial charge < -0.3 is 4.74 Å². The van der Waals surface area contributed by atoms with Crippen LogP contribution in [-0.4, -0.2) is 59.7 Å². The number of hydrogen-bond acceptors (Lipinski definition) is 2. The van der Waals surface area contributed by atoms with Crippen LogP contribution in [0.3, 0.4) is 0 Å². The van der Waals surface area contributed by atoms with Gasteiger partial charge in [0.15, 0.2) is 6.10 Å². The van der Waals surface area contributed by atoms with Crippen LogP contribution >= 0.6 is 0 Å². The van der Waals surface area contributed by atoms with Crippen LogP contribution in [0.4, 0.5) is 74.6 Å². The number of halogens is 17. The third-order valence-corrected chi connectivity index (χ3v) is 7.05. The second kappa shape index (κ2) is 15.9. The third kappa shape index (κ3) is 9.21. The van der Waals surface area contributed by atoms with Gasteiger partial charge in [-0.3, -0.25) is 4.79 Å². The molecular weight excluding hydrogens is 667 g/mol. The topological polar surface area (TPSA) is 26.3 Å². The predicted octanol–water partition coefficient (Wildman–Crippen LogP) is 11.4. The second-order valence-electron chi connectivity index (χ2n) is 10.7. The van der Waals surface area contributed by atoms with Gasteiger partial charge in [-0.2, -0.15) is 74.6 Å². The summed E-state index contributed by atoms with van der Waals surface area (Å²) in [7, 11) is 0. The van der Waals surface area contributed by atoms with E-state index in [0.717, 1.165) is 44.9 Å². The van der Waals surface area contributed by atoms with Crippen molar-refractivity contribution >= 4 is 5.97 Å². The molecule has 0 aromatic heterocycles. The first-order valence-electron chi connectivity index (χ1n) is 14.0. The van der Waals surface area contributed by atoms with Gasteiger partial charge in [0.1, 0.15) is 0 Å². The standard InChI is InChI=1S/C26H35F17O2/c1-3-4-5-6-7-8-9-10-11-12-13-14-15-16-18(44)45-17(2)19(27,28)20(29,30)21(31,32)22(33,34)23(35,36)24(37,38)25(39,40)26(41,42)43/h17H,3-16H2,1-2H3. The maximum absolute atomic E-state index is 14.2. The van der Waals surface area contributed by atoms with Crippen molar-refractivity contribution in [2.75, 3.05) is 0 Å². The Morgan fingerprint density at radius 1 is 0.467 bits per heavy atom. The van der Waals surface area contributed by atoms with Gasteiger partial charge in [-0.15, -0.1) is 0 Å². The number of carbonyl (C=O) groups excluding carboxylic acids is 1. The average Bonchev–Trinajstić information content (AvgIpc) is 2.89. The molecule has 45 heavy (non-hydrogen) atoms. The fraction of sp³-hybridized carbons (Fsp3) is 0.962. The molecule has 0 rings (SSSR count). The molecule has 0 N–H and O–H groups in total. The Kier molecular flexibility index (Phi) is 15.3. The second-order valence-corrected chi connectivity index (χ2v) is 10.7. The molecule has 0 radical (unpaired) electrons. The highest BCUT2D eigenvalue weighted by Gasteiger charge is 2.95. The molecule has 0 saturated carbocycles. The Balaban J connectivity index is 5.26. The summed E-state index contributed by atoms with van der Waals surface area (Å²) in [6, 6.07) is 0. The number of ether oxygens (including phenoxy) is 1. The average molecular weight is 703 g/mol. The minimum atomic E-state index is -8.70. The van der Waals surface area contributed by atoms with E-state index >= 15 is 0 Å². The maximum Gasteiger partial charge on any atom is 0.460 e. The van der Waals surface area contributed by atoms with Crippen LogP contribution in [0.1, 0.15) is 104 Å². The van der Waals surface area contributed by atoms with E-state index in [1.807, 2.05) is 0 Å². The summed E-state index contributed by atoms with van der Waals surface area (Å²) in [6.45, 7) is 1.81. The summed E-state index contributed by atoms with van der Waals surface area (Å²) in [5.74, 6) is -59.0. The van der Waals surface area contributed by atoms with E-state index in [2.05, 4.69) is 11.7 Å². The summed E-state index contributed by atoms with van der Waals surface area (Å²) in [5.41, 5.74) is 0. The van der Waals surface area contributed by atoms with E-state index in [4.69, 9.17) is 0 Å². The lowest BCUT2D eigenvalue weighted by Gasteiger charge is -2.43. The molecule has 0 fully saturated rings. The maximum atomic E-state index is 14.2. The Hall–Kier alpha value is -1.72. The van der Waals surface area contributed by atoms with Crippen LogP contribution < -0.4 is 0 Å². The molecule has 0 aliphatic heterocycles. The number of esters is 1. The van der Waals surface area contributed by atoms with Crippen molar-refractivity contribution in [2.24, 2.45) is 0 Å². The van der Waals surface area contributed by atoms with Crippen molar-refractivity contribution in [1.82, 2.24) is 0 Å². The molecule has 0 amide bonds. The molecule has 0 aliphatic rings. The van der Waals surface area contributed by atoms with Crippen molar-refractivity contribution in [3.63, 3.8) is 0 Å². The predicted molar refractivity (Wildman–Crippen MR) is 127 cm³/mol. The number of carbonyl (C=O) groups is 1. The molecule has 0 aromatic carbocycles. The summed E-state index contributed by atoms with van der Waals surface area (Å²) in [6.07, 6.45) is -1.49. The van der Waals surface area contributed by atoms with Crippen LogP contribution in [-0.2, 0) is 9.53 Å². The van der Waals surface area contributed by atoms with E-state index in [0.29, 0.717) is 12.8 Å². The zero-order valence-corrected chi connectivity index (χ0v) is 24.2. The van der Waals surface area contributed by atoms with Gasteiger partial charge in [0.2, 0.25) is 0 Å². The summed E-state index contributed by atoms with van der Waals surface area (Å²) < 4.78 is 231. The van der Waals surface area contributed by atoms with E-state index in [9.17, 15) is 79.4 Å². The molecule has 0 heterocycles. The van der Waals surface area contributed by atoms with Gasteiger partial charge in [-0.1, -0.05) is 84.0 Å². The minimum absolute atomic E-state index is 0.103. The van der Waals surface area contributed by atoms with Gasteiger partial charge in [-0.05, 0) is 13.3 Å². The smallest absolute Gasteiger partial charge is 0.456 e. The fourth-order valence-electron chi connectivity index (χ4n) is 4.05. The minimum Gasteiger partial charge on any atom is -0.456 e. The van der Waals surface area contributed by atoms with Crippen LogP contribution in [0, 0.1) is 0 Å². The molecule has 0 saturated heterocycles. The van der Waals surface area contributed by atoms with Crippen LogP contribution in [0.25, 0.3) is 0 Å². The largest absolute Gasteiger partial charge is 0.460 e. The van der Waals surface area contributed by atoms with Gasteiger partial charge in [-0.25, -0.2) is 0 Å². The monoisotopic (exact) mass is 702 g/mol. The lowest BCUT2D eigenvalue weighted by Crippen LogP contribution is -2.75. The van der Waals surface area contributed by atoms with E-state index in [1.165, 1.54) is 12.8 Å². The van der Waals surface area contributed by atoms with E-state index in [1.54, 1.807) is 0 Å². The fourth-order valence-corrected chi connectivity index (χ4v) is 4.05. The first kappa shape index (κ1) is 43.3. The highest BCUT2D eigenvalue weighted by Crippen LogP contribution is 2.64. The molecular formula is C26H35F17O2. The molecule has 1 unspecified atom stereocenters. The molecule has 0 aliphatic carbocycles. The van der Waals surface area contributed by atoms with Gasteiger partial charge in [0.25, 0.3) is 0 Å². The number of rotatable bonds is 22. The van der Waals surface area contributed by atoms with Crippen molar-refractivity contribution in [3.8, 4) is 0 Å². The van der Waals surface area contributed by atoms with Crippen molar-refractivity contribution in [2.45, 2.75) is 157 Å². The van der Waals surface area contributed by atoms with Gasteiger partial charge in [0.05, 0.1) is 0 Å². The van der Waals surface area contributed by atoms with Gasteiger partial charge >= 0.3 is 53.6 Å². The zero-order valence-electron chi connectivity index (χ0n) is 24.2. The first-order valence-corrected chi connectivity index (χ1v) is 14.0. The summed E-state index contributed by atoms with van der Waals surface area (Å²) in [4.78, 5) is 11.7. The molecule has 270 valence electrons. The SMILES string of the molecule is CCCCCCCCCCCCCCCC(=O)OC(C)C(F)(F)C(F)(F)C(F)(F)C(F)(F)C(F)(F)C(F)(F)C(F)(F)C(F)(F)F. The molecule has 19 heteroatoms. The van der Waals surface area contributed by atoms with Gasteiger partial charge in [0, 0.05) is 6.42 Å². The highest BCUT2D eigenvalue weighted by atomic mass is 19.4. The molecule has 1 atom stereocenters. The lowest BCUT2D eigenvalue weighted by molar-refractivity contribution is -0.463. The number of alkyl halides is 17. The molecule has 0 spiro atoms. The summed E-state index contributed by atoms with van der Waals surface area (Å²) >= 11 is 0. The van der Waals surface area contributed by atoms with E-state index in [-0.39, 0.29) is 19.8 Å². The van der Waals surface area contributed by atoms with E-state index < -0.39 is 66.1 Å². The van der Waals surface area contributed by atoms with Crippen molar-refractivity contribution in [1.29, 1.82) is 0 Å². The molecule has 0 bridgehead atoms. The van der Waals surface area contributed by atoms with Crippen molar-refractivity contribution in [3.05, 3.63) is 0 Å².